The van der Waals surface area contributed by atoms with Crippen molar-refractivity contribution < 1.29 is 14.3 Å². The average Bonchev–Trinajstić information content (AvgIpc) is 2.95. The number of pyridine rings is 1. The topological polar surface area (TPSA) is 71.6 Å². The Morgan fingerprint density at radius 1 is 1.60 bits per heavy atom. The molecular formula is C14H18N2O4. The third-order valence-corrected chi connectivity index (χ3v) is 4.24. The van der Waals surface area contributed by atoms with E-state index in [2.05, 4.69) is 4.98 Å². The maximum atomic E-state index is 12.5. The van der Waals surface area contributed by atoms with Gasteiger partial charge in [0.05, 0.1) is 19.8 Å². The molecule has 0 spiro atoms. The van der Waals surface area contributed by atoms with E-state index in [1.165, 1.54) is 6.07 Å². The monoisotopic (exact) mass is 278 g/mol. The van der Waals surface area contributed by atoms with Gasteiger partial charge in [0.1, 0.15) is 5.69 Å². The van der Waals surface area contributed by atoms with Gasteiger partial charge in [0.2, 0.25) is 5.56 Å². The van der Waals surface area contributed by atoms with E-state index in [0.29, 0.717) is 44.5 Å². The molecule has 20 heavy (non-hydrogen) atoms. The average molecular weight is 278 g/mol. The molecule has 2 fully saturated rings. The number of carbonyl (C=O) groups excluding carboxylic acids is 1. The van der Waals surface area contributed by atoms with Crippen LogP contribution >= 0.6 is 0 Å². The second-order valence-electron chi connectivity index (χ2n) is 5.62. The molecule has 1 N–H and O–H groups in total. The normalized spacial score (nSPS) is 28.6. The minimum Gasteiger partial charge on any atom is -0.384 e. The number of aromatic amines is 1. The van der Waals surface area contributed by atoms with Crippen LogP contribution in [0, 0.1) is 11.3 Å². The fraction of sp³-hybridized carbons (Fsp3) is 0.571. The van der Waals surface area contributed by atoms with Crippen LogP contribution in [0.15, 0.2) is 23.0 Å². The molecule has 108 valence electrons. The van der Waals surface area contributed by atoms with Gasteiger partial charge in [-0.15, -0.1) is 0 Å². The molecule has 0 saturated carbocycles. The highest BCUT2D eigenvalue weighted by molar-refractivity contribution is 5.92. The van der Waals surface area contributed by atoms with Crippen LogP contribution < -0.4 is 5.56 Å². The number of nitrogens with one attached hydrogen (secondary N) is 1. The van der Waals surface area contributed by atoms with E-state index in [0.717, 1.165) is 0 Å². The summed E-state index contributed by atoms with van der Waals surface area (Å²) in [5, 5.41) is 0. The smallest absolute Gasteiger partial charge is 0.270 e. The molecule has 2 atom stereocenters. The van der Waals surface area contributed by atoms with E-state index < -0.39 is 0 Å². The van der Waals surface area contributed by atoms with Crippen molar-refractivity contribution in [2.75, 3.05) is 40.0 Å². The van der Waals surface area contributed by atoms with Crippen LogP contribution in [0.25, 0.3) is 0 Å². The fourth-order valence-electron chi connectivity index (χ4n) is 3.22. The molecule has 1 amide bonds. The number of rotatable bonds is 3. The van der Waals surface area contributed by atoms with E-state index in [9.17, 15) is 9.59 Å². The standard InChI is InChI=1S/C14H18N2O4/c1-19-8-14-7-16(5-10(14)6-20-9-14)13(18)11-3-2-4-12(17)15-11/h2-4,10H,5-9H2,1H3,(H,15,17)/t10-,14-/m0/s1. The summed E-state index contributed by atoms with van der Waals surface area (Å²) in [5.41, 5.74) is -0.0180. The predicted molar refractivity (Wildman–Crippen MR) is 71.6 cm³/mol. The van der Waals surface area contributed by atoms with Gasteiger partial charge in [-0.2, -0.15) is 0 Å². The van der Waals surface area contributed by atoms with Crippen molar-refractivity contribution in [1.29, 1.82) is 0 Å². The zero-order chi connectivity index (χ0) is 14.2. The summed E-state index contributed by atoms with van der Waals surface area (Å²) in [7, 11) is 1.67. The van der Waals surface area contributed by atoms with E-state index >= 15 is 0 Å². The van der Waals surface area contributed by atoms with Crippen molar-refractivity contribution in [3.8, 4) is 0 Å². The molecule has 0 radical (unpaired) electrons. The van der Waals surface area contributed by atoms with E-state index in [1.807, 2.05) is 0 Å². The molecule has 2 aliphatic heterocycles. The van der Waals surface area contributed by atoms with Crippen molar-refractivity contribution in [3.05, 3.63) is 34.2 Å². The highest BCUT2D eigenvalue weighted by atomic mass is 16.5. The number of ether oxygens (including phenoxy) is 2. The Labute approximate surface area is 116 Å². The van der Waals surface area contributed by atoms with Crippen molar-refractivity contribution in [3.63, 3.8) is 0 Å². The molecule has 1 aromatic rings. The molecule has 0 unspecified atom stereocenters. The summed E-state index contributed by atoms with van der Waals surface area (Å²) in [6.07, 6.45) is 0. The number of nitrogens with zero attached hydrogens (tertiary/aromatic N) is 1. The largest absolute Gasteiger partial charge is 0.384 e. The molecule has 3 heterocycles. The molecule has 6 nitrogen and oxygen atoms in total. The number of H-pyrrole nitrogens is 1. The van der Waals surface area contributed by atoms with Crippen LogP contribution in [0.3, 0.4) is 0 Å². The Bertz CT molecular complexity index is 570. The maximum Gasteiger partial charge on any atom is 0.270 e. The van der Waals surface area contributed by atoms with Gasteiger partial charge in [-0.05, 0) is 6.07 Å². The van der Waals surface area contributed by atoms with Crippen LogP contribution in [0.2, 0.25) is 0 Å². The number of fused-ring (bicyclic) bond motifs is 1. The van der Waals surface area contributed by atoms with Crippen molar-refractivity contribution >= 4 is 5.91 Å². The summed E-state index contributed by atoms with van der Waals surface area (Å²) < 4.78 is 10.9. The summed E-state index contributed by atoms with van der Waals surface area (Å²) >= 11 is 0. The number of hydrogen-bond donors (Lipinski definition) is 1. The van der Waals surface area contributed by atoms with Gasteiger partial charge in [-0.3, -0.25) is 9.59 Å². The molecule has 3 rings (SSSR count). The van der Waals surface area contributed by atoms with Crippen LogP contribution in [-0.2, 0) is 9.47 Å². The molecular weight excluding hydrogens is 260 g/mol. The molecule has 2 aliphatic rings. The lowest BCUT2D eigenvalue weighted by Gasteiger charge is -2.25. The lowest BCUT2D eigenvalue weighted by Crippen LogP contribution is -2.37. The summed E-state index contributed by atoms with van der Waals surface area (Å²) in [6.45, 7) is 3.15. The Morgan fingerprint density at radius 2 is 2.45 bits per heavy atom. The molecule has 0 bridgehead atoms. The minimum atomic E-state index is -0.259. The number of hydrogen-bond acceptors (Lipinski definition) is 4. The Balaban J connectivity index is 1.80. The first-order valence-electron chi connectivity index (χ1n) is 6.70. The number of methoxy groups -OCH3 is 1. The summed E-state index contributed by atoms with van der Waals surface area (Å²) in [6, 6.07) is 4.63. The third-order valence-electron chi connectivity index (χ3n) is 4.24. The first kappa shape index (κ1) is 13.3. The lowest BCUT2D eigenvalue weighted by molar-refractivity contribution is 0.0487. The van der Waals surface area contributed by atoms with Crippen molar-refractivity contribution in [2.45, 2.75) is 0 Å². The fourth-order valence-corrected chi connectivity index (χ4v) is 3.22. The minimum absolute atomic E-state index is 0.0977. The van der Waals surface area contributed by atoms with Gasteiger partial charge < -0.3 is 19.4 Å². The van der Waals surface area contributed by atoms with Gasteiger partial charge in [0.25, 0.3) is 5.91 Å². The molecule has 2 saturated heterocycles. The van der Waals surface area contributed by atoms with Gasteiger partial charge in [-0.1, -0.05) is 6.07 Å². The van der Waals surface area contributed by atoms with E-state index in [-0.39, 0.29) is 16.9 Å². The zero-order valence-electron chi connectivity index (χ0n) is 11.4. The van der Waals surface area contributed by atoms with E-state index in [1.54, 1.807) is 24.1 Å². The molecule has 0 aromatic carbocycles. The summed E-state index contributed by atoms with van der Waals surface area (Å²) in [5.74, 6) is 0.175. The summed E-state index contributed by atoms with van der Waals surface area (Å²) in [4.78, 5) is 28.1. The van der Waals surface area contributed by atoms with Crippen LogP contribution in [-0.4, -0.2) is 55.8 Å². The van der Waals surface area contributed by atoms with E-state index in [4.69, 9.17) is 9.47 Å². The quantitative estimate of drug-likeness (QED) is 0.852. The first-order chi connectivity index (χ1) is 9.64. The first-order valence-corrected chi connectivity index (χ1v) is 6.70. The lowest BCUT2D eigenvalue weighted by atomic mass is 9.82. The second kappa shape index (κ2) is 5.03. The van der Waals surface area contributed by atoms with Gasteiger partial charge in [0.15, 0.2) is 0 Å². The van der Waals surface area contributed by atoms with Gasteiger partial charge >= 0.3 is 0 Å². The maximum absolute atomic E-state index is 12.5. The van der Waals surface area contributed by atoms with Crippen molar-refractivity contribution in [1.82, 2.24) is 9.88 Å². The Hall–Kier alpha value is -1.66. The zero-order valence-corrected chi connectivity index (χ0v) is 11.4. The molecule has 1 aromatic heterocycles. The highest BCUT2D eigenvalue weighted by Gasteiger charge is 2.52. The van der Waals surface area contributed by atoms with Crippen molar-refractivity contribution in [2.24, 2.45) is 11.3 Å². The number of likely N-dealkylation sites (tertiary alicyclic amines) is 1. The van der Waals surface area contributed by atoms with Crippen LogP contribution in [0.1, 0.15) is 10.5 Å². The number of amides is 1. The number of aromatic nitrogens is 1. The second-order valence-corrected chi connectivity index (χ2v) is 5.62. The van der Waals surface area contributed by atoms with Gasteiger partial charge in [-0.25, -0.2) is 0 Å². The highest BCUT2D eigenvalue weighted by Crippen LogP contribution is 2.41. The number of carbonyl (C=O) groups is 1. The molecule has 0 aliphatic carbocycles. The van der Waals surface area contributed by atoms with Crippen LogP contribution in [0.4, 0.5) is 0 Å². The molecule has 6 heteroatoms. The predicted octanol–water partition coefficient (Wildman–Crippen LogP) is 0.110. The van der Waals surface area contributed by atoms with Crippen LogP contribution in [0.5, 0.6) is 0 Å². The SMILES string of the molecule is COC[C@@]12COC[C@@H]1CN(C(=O)c1cccc(=O)[nH]1)C2. The third kappa shape index (κ3) is 2.14. The Morgan fingerprint density at radius 3 is 3.20 bits per heavy atom. The van der Waals surface area contributed by atoms with Gasteiger partial charge in [0, 0.05) is 37.6 Å². The Kier molecular flexibility index (Phi) is 3.35.